The van der Waals surface area contributed by atoms with Crippen molar-refractivity contribution in [3.05, 3.63) is 65.7 Å². The molecule has 0 saturated carbocycles. The topological polar surface area (TPSA) is 24.1 Å². The van der Waals surface area contributed by atoms with E-state index >= 15 is 0 Å². The standard InChI is InChI=1S/C13H12F2N2/c14-11-7-6-10(13(15)8-11)9-16-17-12-4-2-1-3-5-12/h1-8,16-17H,9H2. The fourth-order valence-corrected chi connectivity index (χ4v) is 1.43. The Balaban J connectivity index is 1.90. The Labute approximate surface area is 98.3 Å². The summed E-state index contributed by atoms with van der Waals surface area (Å²) in [6.45, 7) is 0.279. The number of hydrogen-bond donors (Lipinski definition) is 2. The summed E-state index contributed by atoms with van der Waals surface area (Å²) in [5, 5.41) is 0. The zero-order valence-electron chi connectivity index (χ0n) is 9.08. The van der Waals surface area contributed by atoms with E-state index in [0.717, 1.165) is 11.8 Å². The van der Waals surface area contributed by atoms with E-state index in [-0.39, 0.29) is 6.54 Å². The van der Waals surface area contributed by atoms with E-state index in [1.165, 1.54) is 12.1 Å². The molecule has 0 heterocycles. The molecule has 0 bridgehead atoms. The van der Waals surface area contributed by atoms with Gasteiger partial charge in [0, 0.05) is 23.9 Å². The minimum atomic E-state index is -0.567. The molecular weight excluding hydrogens is 222 g/mol. The van der Waals surface area contributed by atoms with Gasteiger partial charge in [-0.25, -0.2) is 14.2 Å². The third-order valence-corrected chi connectivity index (χ3v) is 2.30. The van der Waals surface area contributed by atoms with Crippen LogP contribution >= 0.6 is 0 Å². The molecule has 2 rings (SSSR count). The summed E-state index contributed by atoms with van der Waals surface area (Å²) in [4.78, 5) is 0. The number of rotatable bonds is 4. The second-order valence-electron chi connectivity index (χ2n) is 3.58. The van der Waals surface area contributed by atoms with Gasteiger partial charge < -0.3 is 5.43 Å². The molecule has 0 saturated heterocycles. The molecule has 0 aliphatic rings. The molecule has 0 fully saturated rings. The maximum atomic E-state index is 13.3. The zero-order valence-corrected chi connectivity index (χ0v) is 9.08. The van der Waals surface area contributed by atoms with Crippen LogP contribution in [0, 0.1) is 11.6 Å². The molecule has 0 aromatic heterocycles. The van der Waals surface area contributed by atoms with E-state index in [1.54, 1.807) is 0 Å². The van der Waals surface area contributed by atoms with Crippen molar-refractivity contribution < 1.29 is 8.78 Å². The van der Waals surface area contributed by atoms with Gasteiger partial charge in [-0.15, -0.1) is 0 Å². The van der Waals surface area contributed by atoms with Crippen molar-refractivity contribution in [2.75, 3.05) is 5.43 Å². The zero-order chi connectivity index (χ0) is 12.1. The Morgan fingerprint density at radius 1 is 0.941 bits per heavy atom. The largest absolute Gasteiger partial charge is 0.321 e. The van der Waals surface area contributed by atoms with Gasteiger partial charge in [0.25, 0.3) is 0 Å². The Hall–Kier alpha value is -1.94. The van der Waals surface area contributed by atoms with E-state index in [4.69, 9.17) is 0 Å². The average Bonchev–Trinajstić information content (AvgIpc) is 2.33. The lowest BCUT2D eigenvalue weighted by molar-refractivity contribution is 0.566. The molecule has 0 amide bonds. The molecule has 0 spiro atoms. The van der Waals surface area contributed by atoms with Gasteiger partial charge in [0.05, 0.1) is 0 Å². The highest BCUT2D eigenvalue weighted by molar-refractivity contribution is 5.41. The maximum Gasteiger partial charge on any atom is 0.130 e. The Kier molecular flexibility index (Phi) is 3.67. The Morgan fingerprint density at radius 3 is 2.41 bits per heavy atom. The molecular formula is C13H12F2N2. The lowest BCUT2D eigenvalue weighted by atomic mass is 10.2. The van der Waals surface area contributed by atoms with Crippen molar-refractivity contribution in [1.29, 1.82) is 0 Å². The smallest absolute Gasteiger partial charge is 0.130 e. The summed E-state index contributed by atoms with van der Waals surface area (Å²) >= 11 is 0. The van der Waals surface area contributed by atoms with Crippen LogP contribution in [0.15, 0.2) is 48.5 Å². The van der Waals surface area contributed by atoms with Crippen LogP contribution in [-0.4, -0.2) is 0 Å². The van der Waals surface area contributed by atoms with Crippen LogP contribution in [0.25, 0.3) is 0 Å². The van der Waals surface area contributed by atoms with Crippen LogP contribution < -0.4 is 10.9 Å². The predicted octanol–water partition coefficient (Wildman–Crippen LogP) is 3.08. The molecule has 0 aliphatic heterocycles. The molecule has 0 atom stereocenters. The first-order chi connectivity index (χ1) is 8.25. The fraction of sp³-hybridized carbons (Fsp3) is 0.0769. The molecule has 0 radical (unpaired) electrons. The number of benzene rings is 2. The minimum Gasteiger partial charge on any atom is -0.321 e. The summed E-state index contributed by atoms with van der Waals surface area (Å²) in [6, 6.07) is 13.0. The van der Waals surface area contributed by atoms with Crippen molar-refractivity contribution in [3.8, 4) is 0 Å². The molecule has 88 valence electrons. The number of halogens is 2. The van der Waals surface area contributed by atoms with Crippen LogP contribution in [0.4, 0.5) is 14.5 Å². The number of nitrogens with one attached hydrogen (secondary N) is 2. The molecule has 2 aromatic carbocycles. The van der Waals surface area contributed by atoms with Crippen LogP contribution in [0.5, 0.6) is 0 Å². The molecule has 0 unspecified atom stereocenters. The highest BCUT2D eigenvalue weighted by Gasteiger charge is 2.02. The first-order valence-electron chi connectivity index (χ1n) is 5.23. The van der Waals surface area contributed by atoms with Gasteiger partial charge in [-0.3, -0.25) is 0 Å². The van der Waals surface area contributed by atoms with E-state index in [0.29, 0.717) is 5.56 Å². The highest BCUT2D eigenvalue weighted by Crippen LogP contribution is 2.09. The van der Waals surface area contributed by atoms with Crippen molar-refractivity contribution >= 4 is 5.69 Å². The van der Waals surface area contributed by atoms with Crippen LogP contribution in [-0.2, 0) is 6.54 Å². The lowest BCUT2D eigenvalue weighted by Crippen LogP contribution is -2.21. The third kappa shape index (κ3) is 3.26. The summed E-state index contributed by atoms with van der Waals surface area (Å²) in [5.74, 6) is -1.12. The van der Waals surface area contributed by atoms with Gasteiger partial charge in [-0.05, 0) is 18.2 Å². The fourth-order valence-electron chi connectivity index (χ4n) is 1.43. The number of hydrazine groups is 1. The van der Waals surface area contributed by atoms with E-state index < -0.39 is 11.6 Å². The molecule has 2 aromatic rings. The minimum absolute atomic E-state index is 0.279. The Morgan fingerprint density at radius 2 is 1.71 bits per heavy atom. The van der Waals surface area contributed by atoms with Crippen LogP contribution in [0.3, 0.4) is 0 Å². The quantitative estimate of drug-likeness (QED) is 0.794. The van der Waals surface area contributed by atoms with Crippen molar-refractivity contribution in [2.24, 2.45) is 0 Å². The molecule has 4 heteroatoms. The lowest BCUT2D eigenvalue weighted by Gasteiger charge is -2.08. The second kappa shape index (κ2) is 5.41. The third-order valence-electron chi connectivity index (χ3n) is 2.30. The van der Waals surface area contributed by atoms with Crippen LogP contribution in [0.2, 0.25) is 0 Å². The summed E-state index contributed by atoms with van der Waals surface area (Å²) in [6.07, 6.45) is 0. The average molecular weight is 234 g/mol. The second-order valence-corrected chi connectivity index (χ2v) is 3.58. The maximum absolute atomic E-state index is 13.3. The normalized spacial score (nSPS) is 10.2. The van der Waals surface area contributed by atoms with Crippen molar-refractivity contribution in [3.63, 3.8) is 0 Å². The van der Waals surface area contributed by atoms with Gasteiger partial charge in [0.1, 0.15) is 11.6 Å². The van der Waals surface area contributed by atoms with Gasteiger partial charge in [0.15, 0.2) is 0 Å². The SMILES string of the molecule is Fc1ccc(CNNc2ccccc2)c(F)c1. The first-order valence-corrected chi connectivity index (χ1v) is 5.23. The summed E-state index contributed by atoms with van der Waals surface area (Å²) < 4.78 is 25.9. The molecule has 0 aliphatic carbocycles. The van der Waals surface area contributed by atoms with Crippen molar-refractivity contribution in [2.45, 2.75) is 6.54 Å². The highest BCUT2D eigenvalue weighted by atomic mass is 19.1. The molecule has 17 heavy (non-hydrogen) atoms. The molecule has 2 nitrogen and oxygen atoms in total. The monoisotopic (exact) mass is 234 g/mol. The number of para-hydroxylation sites is 1. The van der Waals surface area contributed by atoms with E-state index in [1.807, 2.05) is 30.3 Å². The van der Waals surface area contributed by atoms with Gasteiger partial charge in [0.2, 0.25) is 0 Å². The summed E-state index contributed by atoms with van der Waals surface area (Å²) in [7, 11) is 0. The van der Waals surface area contributed by atoms with Gasteiger partial charge in [-0.2, -0.15) is 0 Å². The Bertz CT molecular complexity index is 486. The first kappa shape index (κ1) is 11.5. The molecule has 2 N–H and O–H groups in total. The van der Waals surface area contributed by atoms with Crippen LogP contribution in [0.1, 0.15) is 5.56 Å². The van der Waals surface area contributed by atoms with Gasteiger partial charge in [-0.1, -0.05) is 24.3 Å². The van der Waals surface area contributed by atoms with E-state index in [9.17, 15) is 8.78 Å². The predicted molar refractivity (Wildman–Crippen MR) is 63.3 cm³/mol. The summed E-state index contributed by atoms with van der Waals surface area (Å²) in [5.41, 5.74) is 7.09. The number of hydrogen-bond acceptors (Lipinski definition) is 2. The van der Waals surface area contributed by atoms with Gasteiger partial charge >= 0.3 is 0 Å². The van der Waals surface area contributed by atoms with Crippen molar-refractivity contribution in [1.82, 2.24) is 5.43 Å². The van der Waals surface area contributed by atoms with E-state index in [2.05, 4.69) is 10.9 Å². The number of anilines is 1.